The summed E-state index contributed by atoms with van der Waals surface area (Å²) in [6.45, 7) is 6.50. The van der Waals surface area contributed by atoms with E-state index in [0.29, 0.717) is 19.1 Å². The van der Waals surface area contributed by atoms with Crippen molar-refractivity contribution in [3.05, 3.63) is 23.3 Å². The molecule has 1 aromatic rings. The van der Waals surface area contributed by atoms with Crippen LogP contribution in [0, 0.1) is 0 Å². The molecule has 0 atom stereocenters. The van der Waals surface area contributed by atoms with Crippen LogP contribution in [0.15, 0.2) is 12.1 Å². The molecule has 0 bridgehead atoms. The average molecular weight is 249 g/mol. The Hall–Kier alpha value is -1.22. The number of unbranched alkanes of at least 4 members (excludes halogenated alkanes) is 1. The zero-order chi connectivity index (χ0) is 13.0. The van der Waals surface area contributed by atoms with E-state index in [9.17, 15) is 0 Å². The molecule has 0 spiro atoms. The average Bonchev–Trinajstić information content (AvgIpc) is 2.38. The molecule has 0 saturated heterocycles. The molecule has 0 fully saturated rings. The summed E-state index contributed by atoms with van der Waals surface area (Å²) in [4.78, 5) is 0. The molecule has 3 nitrogen and oxygen atoms in total. The van der Waals surface area contributed by atoms with Gasteiger partial charge in [-0.25, -0.2) is 0 Å². The van der Waals surface area contributed by atoms with E-state index < -0.39 is 0 Å². The van der Waals surface area contributed by atoms with E-state index in [-0.39, 0.29) is 0 Å². The van der Waals surface area contributed by atoms with Gasteiger partial charge in [0.1, 0.15) is 13.2 Å². The summed E-state index contributed by atoms with van der Waals surface area (Å²) >= 11 is 0. The van der Waals surface area contributed by atoms with Crippen LogP contribution in [0.3, 0.4) is 0 Å². The van der Waals surface area contributed by atoms with Crippen LogP contribution >= 0.6 is 0 Å². The summed E-state index contributed by atoms with van der Waals surface area (Å²) in [6, 6.07) is 4.30. The number of rotatable bonds is 5. The number of hydrogen-bond acceptors (Lipinski definition) is 3. The monoisotopic (exact) mass is 249 g/mol. The van der Waals surface area contributed by atoms with Crippen molar-refractivity contribution in [1.29, 1.82) is 0 Å². The summed E-state index contributed by atoms with van der Waals surface area (Å²) in [5, 5.41) is 0. The van der Waals surface area contributed by atoms with Gasteiger partial charge < -0.3 is 15.2 Å². The van der Waals surface area contributed by atoms with Crippen LogP contribution in [0.2, 0.25) is 0 Å². The fourth-order valence-electron chi connectivity index (χ4n) is 2.36. The summed E-state index contributed by atoms with van der Waals surface area (Å²) < 4.78 is 11.3. The van der Waals surface area contributed by atoms with Crippen molar-refractivity contribution in [3.8, 4) is 11.5 Å². The first-order valence-electron chi connectivity index (χ1n) is 6.85. The highest BCUT2D eigenvalue weighted by Gasteiger charge is 2.17. The topological polar surface area (TPSA) is 44.5 Å². The van der Waals surface area contributed by atoms with E-state index in [2.05, 4.69) is 26.0 Å². The number of nitrogens with two attached hydrogens (primary N) is 1. The lowest BCUT2D eigenvalue weighted by Crippen LogP contribution is -2.16. The lowest BCUT2D eigenvalue weighted by Gasteiger charge is -2.22. The highest BCUT2D eigenvalue weighted by Crippen LogP contribution is 2.36. The largest absolute Gasteiger partial charge is 0.486 e. The van der Waals surface area contributed by atoms with Crippen LogP contribution in [0.1, 0.15) is 43.7 Å². The third kappa shape index (κ3) is 2.96. The van der Waals surface area contributed by atoms with E-state index in [4.69, 9.17) is 15.2 Å². The molecule has 1 heterocycles. The second-order valence-corrected chi connectivity index (χ2v) is 5.10. The Morgan fingerprint density at radius 1 is 1.11 bits per heavy atom. The number of hydrogen-bond donors (Lipinski definition) is 1. The zero-order valence-corrected chi connectivity index (χ0v) is 11.4. The molecule has 0 unspecified atom stereocenters. The van der Waals surface area contributed by atoms with Gasteiger partial charge >= 0.3 is 0 Å². The van der Waals surface area contributed by atoms with Gasteiger partial charge in [0.25, 0.3) is 0 Å². The molecule has 2 rings (SSSR count). The van der Waals surface area contributed by atoms with Crippen LogP contribution in [-0.4, -0.2) is 19.8 Å². The van der Waals surface area contributed by atoms with Crippen LogP contribution in [0.4, 0.5) is 0 Å². The maximum Gasteiger partial charge on any atom is 0.161 e. The first-order valence-corrected chi connectivity index (χ1v) is 6.85. The van der Waals surface area contributed by atoms with E-state index >= 15 is 0 Å². The normalized spacial score (nSPS) is 14.0. The minimum absolute atomic E-state index is 0.508. The summed E-state index contributed by atoms with van der Waals surface area (Å²) in [6.07, 6.45) is 3.28. The molecule has 2 N–H and O–H groups in total. The molecular formula is C15H23NO2. The van der Waals surface area contributed by atoms with Gasteiger partial charge in [-0.2, -0.15) is 0 Å². The van der Waals surface area contributed by atoms with Crippen molar-refractivity contribution in [2.45, 2.75) is 39.0 Å². The third-order valence-corrected chi connectivity index (χ3v) is 3.33. The molecule has 0 aliphatic carbocycles. The molecule has 1 aromatic carbocycles. The highest BCUT2D eigenvalue weighted by atomic mass is 16.6. The molecule has 100 valence electrons. The number of fused-ring (bicyclic) bond motifs is 1. The molecule has 0 aromatic heterocycles. The number of aryl methyl sites for hydroxylation is 1. The predicted octanol–water partition coefficient (Wildman–Crippen LogP) is 2.86. The van der Waals surface area contributed by atoms with Crippen molar-refractivity contribution < 1.29 is 9.47 Å². The van der Waals surface area contributed by atoms with Gasteiger partial charge in [-0.05, 0) is 55.0 Å². The number of benzene rings is 1. The van der Waals surface area contributed by atoms with E-state index in [1.807, 2.05) is 0 Å². The van der Waals surface area contributed by atoms with Crippen molar-refractivity contribution >= 4 is 0 Å². The second-order valence-electron chi connectivity index (χ2n) is 5.10. The lowest BCUT2D eigenvalue weighted by molar-refractivity contribution is 0.171. The van der Waals surface area contributed by atoms with Crippen LogP contribution in [0.25, 0.3) is 0 Å². The van der Waals surface area contributed by atoms with Crippen LogP contribution < -0.4 is 15.2 Å². The maximum absolute atomic E-state index is 5.66. The van der Waals surface area contributed by atoms with Gasteiger partial charge in [-0.3, -0.25) is 0 Å². The van der Waals surface area contributed by atoms with E-state index in [1.54, 1.807) is 0 Å². The van der Waals surface area contributed by atoms with Crippen molar-refractivity contribution in [3.63, 3.8) is 0 Å². The Morgan fingerprint density at radius 2 is 1.78 bits per heavy atom. The Labute approximate surface area is 109 Å². The quantitative estimate of drug-likeness (QED) is 0.816. The minimum Gasteiger partial charge on any atom is -0.486 e. The van der Waals surface area contributed by atoms with Crippen LogP contribution in [-0.2, 0) is 6.42 Å². The second kappa shape index (κ2) is 6.10. The molecular weight excluding hydrogens is 226 g/mol. The Kier molecular flexibility index (Phi) is 4.48. The first kappa shape index (κ1) is 13.2. The van der Waals surface area contributed by atoms with Crippen molar-refractivity contribution in [1.82, 2.24) is 0 Å². The Bertz CT molecular complexity index is 402. The molecule has 0 amide bonds. The molecule has 1 aliphatic heterocycles. The fourth-order valence-corrected chi connectivity index (χ4v) is 2.36. The minimum atomic E-state index is 0.508. The molecule has 0 radical (unpaired) electrons. The number of ether oxygens (including phenoxy) is 2. The highest BCUT2D eigenvalue weighted by molar-refractivity contribution is 5.49. The molecule has 18 heavy (non-hydrogen) atoms. The first-order chi connectivity index (χ1) is 8.72. The Balaban J connectivity index is 2.24. The molecule has 0 saturated carbocycles. The van der Waals surface area contributed by atoms with Gasteiger partial charge in [-0.1, -0.05) is 13.8 Å². The van der Waals surface area contributed by atoms with Gasteiger partial charge in [0.05, 0.1) is 0 Å². The predicted molar refractivity (Wildman–Crippen MR) is 73.5 cm³/mol. The van der Waals surface area contributed by atoms with Crippen molar-refractivity contribution in [2.24, 2.45) is 5.73 Å². The summed E-state index contributed by atoms with van der Waals surface area (Å²) in [5.74, 6) is 2.30. The maximum atomic E-state index is 5.66. The van der Waals surface area contributed by atoms with E-state index in [0.717, 1.165) is 37.3 Å². The fraction of sp³-hybridized carbons (Fsp3) is 0.600. The van der Waals surface area contributed by atoms with Crippen LogP contribution in [0.5, 0.6) is 11.5 Å². The molecule has 1 aliphatic rings. The zero-order valence-electron chi connectivity index (χ0n) is 11.4. The smallest absolute Gasteiger partial charge is 0.161 e. The standard InChI is InChI=1S/C15H23NO2/c1-11(2)13-10-15-14(17-7-8-18-15)9-12(13)5-3-4-6-16/h9-11H,3-8,16H2,1-2H3. The van der Waals surface area contributed by atoms with Gasteiger partial charge in [-0.15, -0.1) is 0 Å². The van der Waals surface area contributed by atoms with E-state index in [1.165, 1.54) is 11.1 Å². The third-order valence-electron chi connectivity index (χ3n) is 3.33. The van der Waals surface area contributed by atoms with Crippen molar-refractivity contribution in [2.75, 3.05) is 19.8 Å². The summed E-state index contributed by atoms with van der Waals surface area (Å²) in [7, 11) is 0. The van der Waals surface area contributed by atoms with Gasteiger partial charge in [0, 0.05) is 0 Å². The van der Waals surface area contributed by atoms with Gasteiger partial charge in [0.15, 0.2) is 11.5 Å². The lowest BCUT2D eigenvalue weighted by atomic mass is 9.93. The SMILES string of the molecule is CC(C)c1cc2c(cc1CCCCN)OCCO2. The Morgan fingerprint density at radius 3 is 2.39 bits per heavy atom. The summed E-state index contributed by atoms with van der Waals surface area (Å²) in [5.41, 5.74) is 8.31. The molecule has 3 heteroatoms. The van der Waals surface area contributed by atoms with Gasteiger partial charge in [0.2, 0.25) is 0 Å².